The van der Waals surface area contributed by atoms with Crippen LogP contribution >= 0.6 is 0 Å². The summed E-state index contributed by atoms with van der Waals surface area (Å²) in [5.74, 6) is 0.173. The monoisotopic (exact) mass is 530 g/mol. The zero-order valence-electron chi connectivity index (χ0n) is 22.8. The Hall–Kier alpha value is -3.77. The third-order valence-electron chi connectivity index (χ3n) is 7.12. The molecular weight excluding hydrogens is 495 g/mol. The van der Waals surface area contributed by atoms with E-state index >= 15 is 0 Å². The van der Waals surface area contributed by atoms with Crippen molar-refractivity contribution < 1.29 is 19.0 Å². The van der Waals surface area contributed by atoms with Crippen LogP contribution in [0.4, 0.5) is 4.39 Å². The normalized spacial score (nSPS) is 13.5. The number of methoxy groups -OCH3 is 2. The Morgan fingerprint density at radius 2 is 1.79 bits per heavy atom. The van der Waals surface area contributed by atoms with Crippen molar-refractivity contribution in [2.45, 2.75) is 32.8 Å². The zero-order valence-corrected chi connectivity index (χ0v) is 22.8. The summed E-state index contributed by atoms with van der Waals surface area (Å²) in [5, 5.41) is 18.5. The fourth-order valence-corrected chi connectivity index (χ4v) is 4.98. The first-order valence-electron chi connectivity index (χ1n) is 13.2. The van der Waals surface area contributed by atoms with Gasteiger partial charge in [0.2, 0.25) is 0 Å². The van der Waals surface area contributed by atoms with E-state index in [1.54, 1.807) is 45.8 Å². The lowest BCUT2D eigenvalue weighted by Crippen LogP contribution is -2.32. The number of imidazole rings is 1. The van der Waals surface area contributed by atoms with Crippen LogP contribution in [0.2, 0.25) is 0 Å². The summed E-state index contributed by atoms with van der Waals surface area (Å²) in [6, 6.07) is 14.5. The molecule has 0 atom stereocenters. The minimum Gasteiger partial charge on any atom is -0.494 e. The molecule has 0 aliphatic carbocycles. The van der Waals surface area contributed by atoms with Crippen LogP contribution in [0, 0.1) is 24.1 Å². The van der Waals surface area contributed by atoms with Crippen LogP contribution in [0.5, 0.6) is 5.75 Å². The summed E-state index contributed by atoms with van der Waals surface area (Å²) in [7, 11) is 3.36. The molecule has 4 aromatic rings. The fourth-order valence-electron chi connectivity index (χ4n) is 4.98. The number of halogens is 1. The highest BCUT2D eigenvalue weighted by atomic mass is 19.1. The maximum Gasteiger partial charge on any atom is 0.145 e. The van der Waals surface area contributed by atoms with Crippen molar-refractivity contribution in [3.63, 3.8) is 0 Å². The van der Waals surface area contributed by atoms with Crippen molar-refractivity contribution in [1.29, 1.82) is 5.26 Å². The molecule has 0 spiro atoms. The summed E-state index contributed by atoms with van der Waals surface area (Å²) in [6.07, 6.45) is 7.53. The number of fused-ring (bicyclic) bond motifs is 1. The largest absolute Gasteiger partial charge is 0.494 e. The number of piperidine rings is 1. The van der Waals surface area contributed by atoms with Gasteiger partial charge in [-0.2, -0.15) is 5.26 Å². The minimum atomic E-state index is -0.461. The smallest absolute Gasteiger partial charge is 0.145 e. The van der Waals surface area contributed by atoms with Crippen LogP contribution in [-0.2, 0) is 11.3 Å². The van der Waals surface area contributed by atoms with Gasteiger partial charge in [-0.1, -0.05) is 18.6 Å². The van der Waals surface area contributed by atoms with Crippen LogP contribution < -0.4 is 4.74 Å². The molecule has 0 radical (unpaired) electrons. The number of nitriles is 1. The highest BCUT2D eigenvalue weighted by Crippen LogP contribution is 2.38. The Balaban J connectivity index is 0.000000298. The predicted molar refractivity (Wildman–Crippen MR) is 150 cm³/mol. The van der Waals surface area contributed by atoms with Gasteiger partial charge in [0.1, 0.15) is 17.1 Å². The average Bonchev–Trinajstić information content (AvgIpc) is 3.46. The fraction of sp³-hybridized carbons (Fsp3) is 0.355. The molecule has 1 N–H and O–H groups in total. The highest BCUT2D eigenvalue weighted by Gasteiger charge is 2.19. The number of nitrogens with zero attached hydrogens (tertiary/aromatic N) is 4. The van der Waals surface area contributed by atoms with Crippen LogP contribution in [0.1, 0.15) is 36.0 Å². The first-order chi connectivity index (χ1) is 19.0. The molecule has 2 aromatic carbocycles. The quantitative estimate of drug-likeness (QED) is 0.335. The second kappa shape index (κ2) is 13.3. The summed E-state index contributed by atoms with van der Waals surface area (Å²) < 4.78 is 27.1. The molecule has 0 amide bonds. The number of likely N-dealkylation sites (tertiary alicyclic amines) is 1. The van der Waals surface area contributed by atoms with Crippen molar-refractivity contribution in [3.8, 4) is 34.2 Å². The molecule has 0 unspecified atom stereocenters. The van der Waals surface area contributed by atoms with Gasteiger partial charge < -0.3 is 19.5 Å². The van der Waals surface area contributed by atoms with E-state index in [2.05, 4.69) is 16.0 Å². The molecule has 0 bridgehead atoms. The minimum absolute atomic E-state index is 0.282. The van der Waals surface area contributed by atoms with E-state index in [1.165, 1.54) is 38.4 Å². The molecule has 8 heteroatoms. The first kappa shape index (κ1) is 28.2. The molecule has 5 rings (SSSR count). The summed E-state index contributed by atoms with van der Waals surface area (Å²) in [6.45, 7) is 5.99. The highest BCUT2D eigenvalue weighted by molar-refractivity contribution is 5.86. The number of pyridine rings is 1. The number of aliphatic hydroxyl groups is 1. The Morgan fingerprint density at radius 3 is 2.41 bits per heavy atom. The average molecular weight is 531 g/mol. The lowest BCUT2D eigenvalue weighted by atomic mass is 9.95. The topological polar surface area (TPSA) is 83.0 Å². The van der Waals surface area contributed by atoms with Crippen LogP contribution in [0.25, 0.3) is 27.9 Å². The lowest BCUT2D eigenvalue weighted by molar-refractivity contribution is 0.135. The maximum absolute atomic E-state index is 14.7. The molecular formula is C31H35FN4O3. The van der Waals surface area contributed by atoms with Crippen molar-refractivity contribution in [2.75, 3.05) is 40.5 Å². The number of aryl methyl sites for hydroxylation is 1. The van der Waals surface area contributed by atoms with E-state index in [1.807, 2.05) is 28.7 Å². The van der Waals surface area contributed by atoms with Gasteiger partial charge in [-0.15, -0.1) is 0 Å². The van der Waals surface area contributed by atoms with Gasteiger partial charge >= 0.3 is 0 Å². The Labute approximate surface area is 229 Å². The van der Waals surface area contributed by atoms with Crippen molar-refractivity contribution in [1.82, 2.24) is 14.3 Å². The maximum atomic E-state index is 14.7. The van der Waals surface area contributed by atoms with Gasteiger partial charge in [0, 0.05) is 30.3 Å². The van der Waals surface area contributed by atoms with Crippen molar-refractivity contribution >= 4 is 5.52 Å². The SMILES string of the molecule is COCCN1CCCCC1.COc1cc(-c2ccc(C#N)cc2)c(-c2cc(C)c(CO)c(F)c2)n2cncc12. The molecule has 7 nitrogen and oxygen atoms in total. The molecule has 2 aromatic heterocycles. The molecule has 1 fully saturated rings. The number of aliphatic hydroxyl groups excluding tert-OH is 1. The third kappa shape index (κ3) is 6.45. The van der Waals surface area contributed by atoms with Crippen LogP contribution in [0.15, 0.2) is 55.0 Å². The van der Waals surface area contributed by atoms with Crippen molar-refractivity contribution in [3.05, 3.63) is 77.5 Å². The molecule has 1 aliphatic heterocycles. The van der Waals surface area contributed by atoms with E-state index in [0.717, 1.165) is 35.5 Å². The second-order valence-electron chi connectivity index (χ2n) is 9.62. The second-order valence-corrected chi connectivity index (χ2v) is 9.62. The van der Waals surface area contributed by atoms with E-state index in [4.69, 9.17) is 14.7 Å². The number of hydrogen-bond acceptors (Lipinski definition) is 6. The van der Waals surface area contributed by atoms with Crippen LogP contribution in [0.3, 0.4) is 0 Å². The predicted octanol–water partition coefficient (Wildman–Crippen LogP) is 5.61. The molecule has 0 saturated carbocycles. The standard InChI is InChI=1S/C23H18FN3O2.C8H17NO/c1-14-7-17(8-20(24)19(14)12-28)23-18(16-5-3-15(10-25)4-6-16)9-22(29-2)21-11-26-13-27(21)23;1-10-8-7-9-5-3-2-4-6-9/h3-9,11,13,28H,12H2,1-2H3;2-8H2,1H3. The van der Waals surface area contributed by atoms with Gasteiger partial charge in [0.25, 0.3) is 0 Å². The number of hydrogen-bond donors (Lipinski definition) is 1. The van der Waals surface area contributed by atoms with E-state index < -0.39 is 5.82 Å². The van der Waals surface area contributed by atoms with E-state index in [0.29, 0.717) is 22.4 Å². The Kier molecular flexibility index (Phi) is 9.66. The molecule has 3 heterocycles. The number of aromatic nitrogens is 2. The van der Waals surface area contributed by atoms with Gasteiger partial charge in [-0.05, 0) is 74.3 Å². The number of ether oxygens (including phenoxy) is 2. The number of rotatable bonds is 7. The summed E-state index contributed by atoms with van der Waals surface area (Å²) >= 11 is 0. The summed E-state index contributed by atoms with van der Waals surface area (Å²) in [5.41, 5.74) is 5.33. The van der Waals surface area contributed by atoms with Gasteiger partial charge in [-0.3, -0.25) is 4.40 Å². The van der Waals surface area contributed by atoms with Gasteiger partial charge in [0.15, 0.2) is 0 Å². The lowest BCUT2D eigenvalue weighted by Gasteiger charge is -2.25. The third-order valence-corrected chi connectivity index (χ3v) is 7.12. The molecule has 204 valence electrons. The van der Waals surface area contributed by atoms with E-state index in [-0.39, 0.29) is 12.2 Å². The van der Waals surface area contributed by atoms with Crippen LogP contribution in [-0.4, -0.2) is 59.9 Å². The van der Waals surface area contributed by atoms with Gasteiger partial charge in [-0.25, -0.2) is 9.37 Å². The zero-order chi connectivity index (χ0) is 27.8. The molecule has 1 aliphatic rings. The van der Waals surface area contributed by atoms with E-state index in [9.17, 15) is 9.50 Å². The number of benzene rings is 2. The first-order valence-corrected chi connectivity index (χ1v) is 13.2. The summed E-state index contributed by atoms with van der Waals surface area (Å²) in [4.78, 5) is 6.72. The van der Waals surface area contributed by atoms with Gasteiger partial charge in [0.05, 0.1) is 50.2 Å². The molecule has 1 saturated heterocycles. The Bertz CT molecular complexity index is 1410. The Morgan fingerprint density at radius 1 is 1.05 bits per heavy atom. The van der Waals surface area contributed by atoms with Crippen molar-refractivity contribution in [2.24, 2.45) is 0 Å². The molecule has 39 heavy (non-hydrogen) atoms.